The van der Waals surface area contributed by atoms with Gasteiger partial charge in [-0.15, -0.1) is 0 Å². The molecule has 3 aromatic rings. The van der Waals surface area contributed by atoms with Gasteiger partial charge in [-0.3, -0.25) is 14.9 Å². The maximum Gasteiger partial charge on any atom is 0.343 e. The van der Waals surface area contributed by atoms with E-state index in [1.807, 2.05) is 0 Å². The molecule has 2 N–H and O–H groups in total. The van der Waals surface area contributed by atoms with Gasteiger partial charge in [-0.2, -0.15) is 5.26 Å². The summed E-state index contributed by atoms with van der Waals surface area (Å²) in [6.45, 7) is 1.99. The fraction of sp³-hybridized carbons (Fsp3) is 0.0800. The number of phenolic OH excluding ortho intramolecular Hbond substituents is 1. The van der Waals surface area contributed by atoms with Crippen LogP contribution < -0.4 is 14.8 Å². The van der Waals surface area contributed by atoms with Crippen LogP contribution in [-0.2, 0) is 4.79 Å². The molecule has 11 heteroatoms. The number of hydrogen-bond acceptors (Lipinski definition) is 8. The summed E-state index contributed by atoms with van der Waals surface area (Å²) >= 11 is 3.34. The normalized spacial score (nSPS) is 10.8. The first-order chi connectivity index (χ1) is 17.2. The van der Waals surface area contributed by atoms with Crippen LogP contribution in [0.25, 0.3) is 6.08 Å². The summed E-state index contributed by atoms with van der Waals surface area (Å²) < 4.78 is 11.5. The van der Waals surface area contributed by atoms with Gasteiger partial charge in [0.05, 0.1) is 33.3 Å². The third-order valence-electron chi connectivity index (χ3n) is 4.65. The molecule has 182 valence electrons. The van der Waals surface area contributed by atoms with Crippen molar-refractivity contribution in [1.29, 1.82) is 5.26 Å². The lowest BCUT2D eigenvalue weighted by Gasteiger charge is -2.14. The van der Waals surface area contributed by atoms with Gasteiger partial charge < -0.3 is 19.9 Å². The molecule has 0 unspecified atom stereocenters. The molecule has 0 aliphatic carbocycles. The van der Waals surface area contributed by atoms with E-state index in [-0.39, 0.29) is 35.1 Å². The first-order valence-electron chi connectivity index (χ1n) is 10.4. The van der Waals surface area contributed by atoms with E-state index in [9.17, 15) is 30.1 Å². The van der Waals surface area contributed by atoms with Crippen molar-refractivity contribution < 1.29 is 29.1 Å². The molecule has 1 amide bonds. The quantitative estimate of drug-likeness (QED) is 0.0734. The zero-order valence-electron chi connectivity index (χ0n) is 18.7. The lowest BCUT2D eigenvalue weighted by Crippen LogP contribution is -2.13. The topological polar surface area (TPSA) is 152 Å². The minimum absolute atomic E-state index is 0.105. The van der Waals surface area contributed by atoms with Gasteiger partial charge in [-0.05, 0) is 64.8 Å². The van der Waals surface area contributed by atoms with Gasteiger partial charge in [-0.1, -0.05) is 18.2 Å². The Morgan fingerprint density at radius 3 is 2.53 bits per heavy atom. The van der Waals surface area contributed by atoms with Crippen molar-refractivity contribution in [3.8, 4) is 23.3 Å². The molecule has 0 spiro atoms. The van der Waals surface area contributed by atoms with Gasteiger partial charge in [0.25, 0.3) is 11.6 Å². The molecule has 0 bridgehead atoms. The Morgan fingerprint density at radius 1 is 1.19 bits per heavy atom. The van der Waals surface area contributed by atoms with Gasteiger partial charge in [0.15, 0.2) is 11.5 Å². The van der Waals surface area contributed by atoms with E-state index < -0.39 is 22.5 Å². The number of anilines is 1. The molecule has 0 radical (unpaired) electrons. The SMILES string of the molecule is CCOc1cc(C=C(C#N)C(=O)Nc2ccc([N+](=O)[O-])cc2O)cc(Br)c1OC(=O)c1ccccc1. The summed E-state index contributed by atoms with van der Waals surface area (Å²) in [6, 6.07) is 16.3. The Balaban J connectivity index is 1.88. The van der Waals surface area contributed by atoms with E-state index in [4.69, 9.17) is 9.47 Å². The van der Waals surface area contributed by atoms with Crippen molar-refractivity contribution in [2.24, 2.45) is 0 Å². The lowest BCUT2D eigenvalue weighted by atomic mass is 10.1. The third-order valence-corrected chi connectivity index (χ3v) is 5.24. The van der Waals surface area contributed by atoms with Crippen molar-refractivity contribution in [2.75, 3.05) is 11.9 Å². The summed E-state index contributed by atoms with van der Waals surface area (Å²) in [5, 5.41) is 32.6. The van der Waals surface area contributed by atoms with Crippen LogP contribution in [0.2, 0.25) is 0 Å². The van der Waals surface area contributed by atoms with Gasteiger partial charge in [0, 0.05) is 6.07 Å². The van der Waals surface area contributed by atoms with Crippen molar-refractivity contribution in [3.05, 3.63) is 92.0 Å². The predicted molar refractivity (Wildman–Crippen MR) is 134 cm³/mol. The average molecular weight is 552 g/mol. The van der Waals surface area contributed by atoms with Gasteiger partial charge >= 0.3 is 5.97 Å². The fourth-order valence-electron chi connectivity index (χ4n) is 3.00. The number of esters is 1. The molecule has 0 saturated heterocycles. The molecule has 0 aromatic heterocycles. The summed E-state index contributed by atoms with van der Waals surface area (Å²) in [7, 11) is 0. The summed E-state index contributed by atoms with van der Waals surface area (Å²) in [4.78, 5) is 35.3. The van der Waals surface area contributed by atoms with E-state index in [0.29, 0.717) is 15.6 Å². The smallest absolute Gasteiger partial charge is 0.343 e. The Morgan fingerprint density at radius 2 is 1.92 bits per heavy atom. The zero-order chi connectivity index (χ0) is 26.2. The van der Waals surface area contributed by atoms with Gasteiger partial charge in [0.1, 0.15) is 17.4 Å². The molecular formula is C25H18BrN3O7. The van der Waals surface area contributed by atoms with Crippen LogP contribution in [0, 0.1) is 21.4 Å². The number of nitrogens with one attached hydrogen (secondary N) is 1. The average Bonchev–Trinajstić information content (AvgIpc) is 2.86. The number of non-ortho nitro benzene ring substituents is 1. The van der Waals surface area contributed by atoms with Crippen molar-refractivity contribution >= 4 is 45.3 Å². The number of nitro groups is 1. The Kier molecular flexibility index (Phi) is 8.38. The molecule has 10 nitrogen and oxygen atoms in total. The molecule has 0 heterocycles. The van der Waals surface area contributed by atoms with Crippen molar-refractivity contribution in [2.45, 2.75) is 6.92 Å². The van der Waals surface area contributed by atoms with E-state index >= 15 is 0 Å². The number of carbonyl (C=O) groups is 2. The van der Waals surface area contributed by atoms with Gasteiger partial charge in [-0.25, -0.2) is 4.79 Å². The molecular weight excluding hydrogens is 534 g/mol. The predicted octanol–water partition coefficient (Wildman–Crippen LogP) is 5.23. The highest BCUT2D eigenvalue weighted by Crippen LogP contribution is 2.38. The summed E-state index contributed by atoms with van der Waals surface area (Å²) in [5.74, 6) is -1.65. The number of carbonyl (C=O) groups excluding carboxylic acids is 2. The minimum atomic E-state index is -0.852. The standard InChI is InChI=1S/C25H18BrN3O7/c1-2-35-22-12-15(11-19(26)23(22)36-25(32)16-6-4-3-5-7-16)10-17(14-27)24(31)28-20-9-8-18(29(33)34)13-21(20)30/h3-13,30H,2H2,1H3,(H,28,31). The summed E-state index contributed by atoms with van der Waals surface area (Å²) in [5.41, 5.74) is -0.0663. The Bertz CT molecular complexity index is 1400. The first-order valence-corrected chi connectivity index (χ1v) is 11.2. The molecule has 0 aliphatic heterocycles. The molecule has 36 heavy (non-hydrogen) atoms. The van der Waals surface area contributed by atoms with Crippen LogP contribution in [-0.4, -0.2) is 28.5 Å². The lowest BCUT2D eigenvalue weighted by molar-refractivity contribution is -0.384. The second-order valence-electron chi connectivity index (χ2n) is 7.10. The highest BCUT2D eigenvalue weighted by atomic mass is 79.9. The van der Waals surface area contributed by atoms with E-state index in [1.165, 1.54) is 18.2 Å². The number of nitriles is 1. The monoisotopic (exact) mass is 551 g/mol. The zero-order valence-corrected chi connectivity index (χ0v) is 20.3. The molecule has 0 atom stereocenters. The molecule has 3 aromatic carbocycles. The van der Waals surface area contributed by atoms with E-state index in [2.05, 4.69) is 21.2 Å². The highest BCUT2D eigenvalue weighted by molar-refractivity contribution is 9.10. The number of nitrogens with zero attached hydrogens (tertiary/aromatic N) is 2. The molecule has 0 saturated carbocycles. The third kappa shape index (κ3) is 6.25. The van der Waals surface area contributed by atoms with Crippen LogP contribution in [0.1, 0.15) is 22.8 Å². The molecule has 0 aliphatic rings. The number of amides is 1. The number of phenols is 1. The number of rotatable bonds is 8. The fourth-order valence-corrected chi connectivity index (χ4v) is 3.54. The van der Waals surface area contributed by atoms with Gasteiger partial charge in [0.2, 0.25) is 0 Å². The van der Waals surface area contributed by atoms with Crippen molar-refractivity contribution in [1.82, 2.24) is 0 Å². The molecule has 0 fully saturated rings. The van der Waals surface area contributed by atoms with Crippen molar-refractivity contribution in [3.63, 3.8) is 0 Å². The van der Waals surface area contributed by atoms with E-state index in [0.717, 1.165) is 18.2 Å². The number of aromatic hydroxyl groups is 1. The summed E-state index contributed by atoms with van der Waals surface area (Å²) in [6.07, 6.45) is 1.27. The number of benzene rings is 3. The van der Waals surface area contributed by atoms with Crippen LogP contribution in [0.15, 0.2) is 70.7 Å². The Labute approximate surface area is 213 Å². The number of ether oxygens (including phenoxy) is 2. The van der Waals surface area contributed by atoms with Crippen LogP contribution in [0.3, 0.4) is 0 Å². The maximum atomic E-state index is 12.6. The van der Waals surface area contributed by atoms with E-state index in [1.54, 1.807) is 43.3 Å². The second-order valence-corrected chi connectivity index (χ2v) is 7.96. The Hall–Kier alpha value is -4.69. The first kappa shape index (κ1) is 25.9. The molecule has 3 rings (SSSR count). The maximum absolute atomic E-state index is 12.6. The number of halogens is 1. The second kappa shape index (κ2) is 11.6. The van der Waals surface area contributed by atoms with Crippen LogP contribution in [0.4, 0.5) is 11.4 Å². The van der Waals surface area contributed by atoms with Crippen LogP contribution >= 0.6 is 15.9 Å². The highest BCUT2D eigenvalue weighted by Gasteiger charge is 2.19. The largest absolute Gasteiger partial charge is 0.506 e. The minimum Gasteiger partial charge on any atom is -0.506 e. The number of nitro benzene ring substituents is 1. The number of hydrogen-bond donors (Lipinski definition) is 2. The van der Waals surface area contributed by atoms with Crippen LogP contribution in [0.5, 0.6) is 17.2 Å².